The van der Waals surface area contributed by atoms with Gasteiger partial charge in [0.25, 0.3) is 0 Å². The molecule has 38 heavy (non-hydrogen) atoms. The summed E-state index contributed by atoms with van der Waals surface area (Å²) in [6.07, 6.45) is 0. The van der Waals surface area contributed by atoms with Crippen molar-refractivity contribution in [1.29, 1.82) is 10.5 Å². The van der Waals surface area contributed by atoms with E-state index in [0.717, 1.165) is 38.6 Å². The van der Waals surface area contributed by atoms with E-state index in [1.807, 2.05) is 36.4 Å². The highest BCUT2D eigenvalue weighted by atomic mass is 32.1. The zero-order valence-electron chi connectivity index (χ0n) is 20.2. The summed E-state index contributed by atoms with van der Waals surface area (Å²) in [5, 5.41) is 25.6. The minimum Gasteiger partial charge on any atom is -0.310 e. The molecule has 0 aliphatic heterocycles. The van der Waals surface area contributed by atoms with Crippen molar-refractivity contribution in [3.8, 4) is 12.1 Å². The van der Waals surface area contributed by atoms with Crippen molar-refractivity contribution < 1.29 is 0 Å². The molecule has 0 aliphatic rings. The largest absolute Gasteiger partial charge is 0.310 e. The maximum absolute atomic E-state index is 9.46. The lowest BCUT2D eigenvalue weighted by molar-refractivity contribution is 1.30. The van der Waals surface area contributed by atoms with E-state index in [1.165, 1.54) is 20.2 Å². The van der Waals surface area contributed by atoms with Crippen molar-refractivity contribution in [3.63, 3.8) is 0 Å². The van der Waals surface area contributed by atoms with Gasteiger partial charge in [-0.05, 0) is 94.3 Å². The van der Waals surface area contributed by atoms with Gasteiger partial charge in [0.05, 0.1) is 23.3 Å². The number of rotatable bonds is 3. The van der Waals surface area contributed by atoms with Crippen LogP contribution in [-0.2, 0) is 0 Å². The normalized spacial score (nSPS) is 11.1. The van der Waals surface area contributed by atoms with Gasteiger partial charge < -0.3 is 4.90 Å². The first-order valence-corrected chi connectivity index (χ1v) is 13.1. The van der Waals surface area contributed by atoms with Gasteiger partial charge in [-0.3, -0.25) is 0 Å². The van der Waals surface area contributed by atoms with Crippen LogP contribution in [0.25, 0.3) is 41.7 Å². The second-order valence-electron chi connectivity index (χ2n) is 9.33. The molecule has 1 heterocycles. The van der Waals surface area contributed by atoms with Crippen LogP contribution < -0.4 is 4.90 Å². The van der Waals surface area contributed by atoms with E-state index in [1.54, 1.807) is 11.3 Å². The van der Waals surface area contributed by atoms with E-state index in [9.17, 15) is 10.5 Å². The minimum absolute atomic E-state index is 0.641. The fourth-order valence-electron chi connectivity index (χ4n) is 5.19. The van der Waals surface area contributed by atoms with Gasteiger partial charge in [-0.1, -0.05) is 42.5 Å². The van der Waals surface area contributed by atoms with Gasteiger partial charge in [0, 0.05) is 37.2 Å². The SMILES string of the molecule is N#Cc1ccc2ccc(N(c3ccc4ccc(C#N)cc4c3)c3ccc4sc5ccccc5c4c3)cc2c1. The number of anilines is 3. The highest BCUT2D eigenvalue weighted by Gasteiger charge is 2.16. The highest BCUT2D eigenvalue weighted by Crippen LogP contribution is 2.41. The predicted octanol–water partition coefficient (Wildman–Crippen LogP) is 9.57. The average Bonchev–Trinajstić information content (AvgIpc) is 3.34. The summed E-state index contributed by atoms with van der Waals surface area (Å²) in [6.45, 7) is 0. The molecule has 0 saturated carbocycles. The molecule has 0 unspecified atom stereocenters. The molecule has 7 rings (SSSR count). The van der Waals surface area contributed by atoms with Crippen LogP contribution in [0.3, 0.4) is 0 Å². The summed E-state index contributed by atoms with van der Waals surface area (Å²) >= 11 is 1.81. The molecule has 3 nitrogen and oxygen atoms in total. The number of nitrogens with zero attached hydrogens (tertiary/aromatic N) is 3. The summed E-state index contributed by atoms with van der Waals surface area (Å²) < 4.78 is 2.53. The third-order valence-electron chi connectivity index (χ3n) is 7.04. The maximum Gasteiger partial charge on any atom is 0.0991 e. The van der Waals surface area contributed by atoms with E-state index in [2.05, 4.69) is 95.9 Å². The summed E-state index contributed by atoms with van der Waals surface area (Å²) in [5.41, 5.74) is 4.33. The molecule has 0 amide bonds. The van der Waals surface area contributed by atoms with E-state index >= 15 is 0 Å². The van der Waals surface area contributed by atoms with E-state index in [0.29, 0.717) is 11.1 Å². The van der Waals surface area contributed by atoms with Crippen LogP contribution in [-0.4, -0.2) is 0 Å². The maximum atomic E-state index is 9.46. The van der Waals surface area contributed by atoms with Gasteiger partial charge in [-0.15, -0.1) is 11.3 Å². The Kier molecular flexibility index (Phi) is 5.08. The van der Waals surface area contributed by atoms with Crippen molar-refractivity contribution in [3.05, 3.63) is 126 Å². The third-order valence-corrected chi connectivity index (χ3v) is 8.19. The van der Waals surface area contributed by atoms with Crippen LogP contribution in [0.4, 0.5) is 17.1 Å². The van der Waals surface area contributed by atoms with E-state index in [4.69, 9.17) is 0 Å². The first-order chi connectivity index (χ1) is 18.7. The molecule has 0 radical (unpaired) electrons. The molecule has 0 atom stereocenters. The van der Waals surface area contributed by atoms with Gasteiger partial charge in [0.15, 0.2) is 0 Å². The van der Waals surface area contributed by atoms with Crippen molar-refractivity contribution in [1.82, 2.24) is 0 Å². The van der Waals surface area contributed by atoms with E-state index < -0.39 is 0 Å². The fraction of sp³-hybridized carbons (Fsp3) is 0. The number of benzene rings is 6. The van der Waals surface area contributed by atoms with Gasteiger partial charge in [0.2, 0.25) is 0 Å². The molecule has 6 aromatic carbocycles. The molecule has 176 valence electrons. The molecule has 0 bridgehead atoms. The van der Waals surface area contributed by atoms with Crippen molar-refractivity contribution in [2.75, 3.05) is 4.90 Å². The van der Waals surface area contributed by atoms with Crippen molar-refractivity contribution >= 4 is 70.1 Å². The lowest BCUT2D eigenvalue weighted by atomic mass is 10.0. The summed E-state index contributed by atoms with van der Waals surface area (Å²) in [6, 6.07) is 44.0. The fourth-order valence-corrected chi connectivity index (χ4v) is 6.27. The van der Waals surface area contributed by atoms with Gasteiger partial charge >= 0.3 is 0 Å². The van der Waals surface area contributed by atoms with Crippen LogP contribution >= 0.6 is 11.3 Å². The summed E-state index contributed by atoms with van der Waals surface area (Å²) in [7, 11) is 0. The first-order valence-electron chi connectivity index (χ1n) is 12.3. The summed E-state index contributed by atoms with van der Waals surface area (Å²) in [4.78, 5) is 2.25. The first kappa shape index (κ1) is 22.1. The average molecular weight is 502 g/mol. The number of nitriles is 2. The number of fused-ring (bicyclic) bond motifs is 5. The Labute approximate surface area is 223 Å². The van der Waals surface area contributed by atoms with Crippen molar-refractivity contribution in [2.24, 2.45) is 0 Å². The zero-order valence-corrected chi connectivity index (χ0v) is 21.0. The third kappa shape index (κ3) is 3.64. The quantitative estimate of drug-likeness (QED) is 0.242. The lowest BCUT2D eigenvalue weighted by Crippen LogP contribution is -2.09. The Morgan fingerprint density at radius 2 is 1.00 bits per heavy atom. The molecular formula is C34H19N3S. The Bertz CT molecular complexity index is 2030. The van der Waals surface area contributed by atoms with E-state index in [-0.39, 0.29) is 0 Å². The van der Waals surface area contributed by atoms with Gasteiger partial charge in [-0.2, -0.15) is 10.5 Å². The topological polar surface area (TPSA) is 50.8 Å². The predicted molar refractivity (Wildman–Crippen MR) is 158 cm³/mol. The van der Waals surface area contributed by atoms with Crippen LogP contribution in [0.5, 0.6) is 0 Å². The second-order valence-corrected chi connectivity index (χ2v) is 10.4. The van der Waals surface area contributed by atoms with Crippen LogP contribution in [0, 0.1) is 22.7 Å². The molecule has 7 aromatic rings. The molecule has 0 N–H and O–H groups in total. The molecular weight excluding hydrogens is 482 g/mol. The highest BCUT2D eigenvalue weighted by molar-refractivity contribution is 7.25. The monoisotopic (exact) mass is 501 g/mol. The Balaban J connectivity index is 1.48. The minimum atomic E-state index is 0.641. The second kappa shape index (κ2) is 8.75. The Hall–Kier alpha value is -5.16. The Morgan fingerprint density at radius 3 is 1.63 bits per heavy atom. The number of hydrogen-bond acceptors (Lipinski definition) is 4. The number of hydrogen-bond donors (Lipinski definition) is 0. The zero-order chi connectivity index (χ0) is 25.6. The van der Waals surface area contributed by atoms with Crippen LogP contribution in [0.2, 0.25) is 0 Å². The van der Waals surface area contributed by atoms with Gasteiger partial charge in [0.1, 0.15) is 0 Å². The molecule has 4 heteroatoms. The molecule has 0 spiro atoms. The number of thiophene rings is 1. The molecule has 0 aliphatic carbocycles. The van der Waals surface area contributed by atoms with Crippen LogP contribution in [0.1, 0.15) is 11.1 Å². The Morgan fingerprint density at radius 1 is 0.474 bits per heavy atom. The molecule has 0 fully saturated rings. The summed E-state index contributed by atoms with van der Waals surface area (Å²) in [5.74, 6) is 0. The molecule has 1 aromatic heterocycles. The van der Waals surface area contributed by atoms with Crippen molar-refractivity contribution in [2.45, 2.75) is 0 Å². The van der Waals surface area contributed by atoms with Crippen LogP contribution in [0.15, 0.2) is 115 Å². The standard InChI is InChI=1S/C34H19N3S/c35-20-22-5-7-24-9-11-28(17-26(24)15-22)37(29-12-10-25-8-6-23(21-36)16-27(25)18-29)30-13-14-34-32(19-30)31-3-1-2-4-33(31)38-34/h1-19H. The van der Waals surface area contributed by atoms with Gasteiger partial charge in [-0.25, -0.2) is 0 Å². The molecule has 0 saturated heterocycles. The smallest absolute Gasteiger partial charge is 0.0991 e. The lowest BCUT2D eigenvalue weighted by Gasteiger charge is -2.26.